The lowest BCUT2D eigenvalue weighted by Crippen LogP contribution is -2.28. The van der Waals surface area contributed by atoms with Gasteiger partial charge < -0.3 is 10.1 Å². The number of methoxy groups -OCH3 is 1. The van der Waals surface area contributed by atoms with E-state index in [0.29, 0.717) is 27.4 Å². The molecule has 0 aliphatic carbocycles. The number of nitrogens with one attached hydrogen (secondary N) is 1. The molecular formula is C21H22ClN3O3. The smallest absolute Gasteiger partial charge is 0.261 e. The monoisotopic (exact) mass is 399 g/mol. The van der Waals surface area contributed by atoms with Crippen LogP contribution in [-0.4, -0.2) is 22.6 Å². The molecule has 1 N–H and O–H groups in total. The Balaban J connectivity index is 1.88. The summed E-state index contributed by atoms with van der Waals surface area (Å²) in [6.45, 7) is 6.10. The van der Waals surface area contributed by atoms with Crippen LogP contribution >= 0.6 is 11.6 Å². The zero-order chi connectivity index (χ0) is 20.5. The van der Waals surface area contributed by atoms with Gasteiger partial charge in [0.2, 0.25) is 5.91 Å². The summed E-state index contributed by atoms with van der Waals surface area (Å²) in [5.41, 5.74) is 1.75. The number of halogens is 1. The van der Waals surface area contributed by atoms with Crippen LogP contribution in [0.25, 0.3) is 10.9 Å². The number of fused-ring (bicyclic) bond motifs is 1. The van der Waals surface area contributed by atoms with E-state index in [0.717, 1.165) is 5.56 Å². The highest BCUT2D eigenvalue weighted by atomic mass is 35.5. The van der Waals surface area contributed by atoms with Crippen LogP contribution in [0.3, 0.4) is 0 Å². The first kappa shape index (κ1) is 19.9. The van der Waals surface area contributed by atoms with Crippen LogP contribution in [0.15, 0.2) is 47.5 Å². The van der Waals surface area contributed by atoms with Gasteiger partial charge in [0.1, 0.15) is 12.3 Å². The first-order valence-corrected chi connectivity index (χ1v) is 9.20. The minimum absolute atomic E-state index is 0.0791. The zero-order valence-electron chi connectivity index (χ0n) is 16.2. The molecule has 0 spiro atoms. The van der Waals surface area contributed by atoms with Crippen LogP contribution in [0.2, 0.25) is 5.02 Å². The van der Waals surface area contributed by atoms with Crippen molar-refractivity contribution in [3.8, 4) is 5.75 Å². The Kier molecular flexibility index (Phi) is 5.42. The molecule has 3 aromatic rings. The van der Waals surface area contributed by atoms with E-state index >= 15 is 0 Å². The van der Waals surface area contributed by atoms with Crippen LogP contribution in [-0.2, 0) is 16.8 Å². The van der Waals surface area contributed by atoms with Crippen LogP contribution in [0.4, 0.5) is 5.69 Å². The molecule has 7 heteroatoms. The van der Waals surface area contributed by atoms with Crippen LogP contribution < -0.4 is 15.6 Å². The predicted molar refractivity (Wildman–Crippen MR) is 111 cm³/mol. The van der Waals surface area contributed by atoms with Crippen LogP contribution in [0, 0.1) is 0 Å². The van der Waals surface area contributed by atoms with Gasteiger partial charge in [-0.05, 0) is 41.3 Å². The molecule has 0 atom stereocenters. The first-order chi connectivity index (χ1) is 13.2. The highest BCUT2D eigenvalue weighted by Crippen LogP contribution is 2.31. The Bertz CT molecular complexity index is 1100. The predicted octanol–water partition coefficient (Wildman–Crippen LogP) is 3.99. The Hall–Kier alpha value is -2.86. The number of carbonyl (C=O) groups excluding carboxylic acids is 1. The maximum absolute atomic E-state index is 12.6. The van der Waals surface area contributed by atoms with Crippen molar-refractivity contribution in [3.05, 3.63) is 63.7 Å². The average molecular weight is 400 g/mol. The van der Waals surface area contributed by atoms with Gasteiger partial charge in [0.25, 0.3) is 5.56 Å². The van der Waals surface area contributed by atoms with Crippen molar-refractivity contribution >= 4 is 34.1 Å². The van der Waals surface area contributed by atoms with E-state index in [1.807, 2.05) is 18.2 Å². The minimum atomic E-state index is -0.352. The molecule has 0 bridgehead atoms. The van der Waals surface area contributed by atoms with Gasteiger partial charge in [0.15, 0.2) is 0 Å². The largest absolute Gasteiger partial charge is 0.495 e. The molecule has 0 aliphatic rings. The van der Waals surface area contributed by atoms with Crippen molar-refractivity contribution in [2.75, 3.05) is 12.4 Å². The van der Waals surface area contributed by atoms with Crippen molar-refractivity contribution < 1.29 is 9.53 Å². The maximum Gasteiger partial charge on any atom is 0.261 e. The summed E-state index contributed by atoms with van der Waals surface area (Å²) in [6.07, 6.45) is 1.36. The molecule has 0 saturated carbocycles. The van der Waals surface area contributed by atoms with Gasteiger partial charge in [-0.15, -0.1) is 0 Å². The lowest BCUT2D eigenvalue weighted by molar-refractivity contribution is -0.116. The Morgan fingerprint density at radius 3 is 2.64 bits per heavy atom. The van der Waals surface area contributed by atoms with Gasteiger partial charge in [0, 0.05) is 5.02 Å². The SMILES string of the molecule is COc1ccc(C(C)(C)C)cc1NC(=O)Cn1cnc2ccc(Cl)cc2c1=O. The summed E-state index contributed by atoms with van der Waals surface area (Å²) in [7, 11) is 1.54. The minimum Gasteiger partial charge on any atom is -0.495 e. The van der Waals surface area contributed by atoms with Gasteiger partial charge in [-0.2, -0.15) is 0 Å². The van der Waals surface area contributed by atoms with Crippen molar-refractivity contribution in [1.82, 2.24) is 9.55 Å². The van der Waals surface area contributed by atoms with Gasteiger partial charge in [-0.25, -0.2) is 4.98 Å². The number of ether oxygens (including phenoxy) is 1. The standard InChI is InChI=1S/C21H22ClN3O3/c1-21(2,3)13-5-8-18(28-4)17(9-13)24-19(26)11-25-12-23-16-7-6-14(22)10-15(16)20(25)27/h5-10,12H,11H2,1-4H3,(H,24,26). The average Bonchev–Trinajstić information content (AvgIpc) is 2.63. The third-order valence-corrected chi connectivity index (χ3v) is 4.67. The van der Waals surface area contributed by atoms with Crippen molar-refractivity contribution in [2.45, 2.75) is 32.7 Å². The molecule has 1 aromatic heterocycles. The quantitative estimate of drug-likeness (QED) is 0.719. The number of carbonyl (C=O) groups is 1. The molecule has 0 aliphatic heterocycles. The summed E-state index contributed by atoms with van der Waals surface area (Å²) >= 11 is 5.97. The van der Waals surface area contributed by atoms with Crippen molar-refractivity contribution in [3.63, 3.8) is 0 Å². The number of benzene rings is 2. The zero-order valence-corrected chi connectivity index (χ0v) is 17.0. The second-order valence-electron chi connectivity index (χ2n) is 7.55. The molecule has 3 rings (SSSR count). The fourth-order valence-corrected chi connectivity index (χ4v) is 3.03. The second-order valence-corrected chi connectivity index (χ2v) is 7.99. The number of hydrogen-bond acceptors (Lipinski definition) is 4. The third kappa shape index (κ3) is 4.17. The molecule has 146 valence electrons. The number of hydrogen-bond donors (Lipinski definition) is 1. The number of rotatable bonds is 4. The van der Waals surface area contributed by atoms with E-state index in [1.165, 1.54) is 10.9 Å². The number of aromatic nitrogens is 2. The number of anilines is 1. The van der Waals surface area contributed by atoms with E-state index in [9.17, 15) is 9.59 Å². The lowest BCUT2D eigenvalue weighted by atomic mass is 9.87. The summed E-state index contributed by atoms with van der Waals surface area (Å²) in [6, 6.07) is 10.6. The second kappa shape index (κ2) is 7.64. The highest BCUT2D eigenvalue weighted by molar-refractivity contribution is 6.31. The summed E-state index contributed by atoms with van der Waals surface area (Å²) < 4.78 is 6.61. The van der Waals surface area contributed by atoms with E-state index in [4.69, 9.17) is 16.3 Å². The van der Waals surface area contributed by atoms with Crippen molar-refractivity contribution in [2.24, 2.45) is 0 Å². The van der Waals surface area contributed by atoms with Crippen LogP contribution in [0.1, 0.15) is 26.3 Å². The molecule has 0 radical (unpaired) electrons. The molecule has 0 fully saturated rings. The summed E-state index contributed by atoms with van der Waals surface area (Å²) in [4.78, 5) is 29.4. The van der Waals surface area contributed by atoms with E-state index in [2.05, 4.69) is 31.1 Å². The molecule has 0 saturated heterocycles. The summed E-state index contributed by atoms with van der Waals surface area (Å²) in [5.74, 6) is 0.201. The first-order valence-electron chi connectivity index (χ1n) is 8.82. The van der Waals surface area contributed by atoms with E-state index in [-0.39, 0.29) is 23.4 Å². The van der Waals surface area contributed by atoms with Gasteiger partial charge in [-0.1, -0.05) is 38.4 Å². The Morgan fingerprint density at radius 2 is 1.96 bits per heavy atom. The Morgan fingerprint density at radius 1 is 1.21 bits per heavy atom. The molecule has 28 heavy (non-hydrogen) atoms. The van der Waals surface area contributed by atoms with E-state index < -0.39 is 0 Å². The topological polar surface area (TPSA) is 73.2 Å². The summed E-state index contributed by atoms with van der Waals surface area (Å²) in [5, 5.41) is 3.64. The molecular weight excluding hydrogens is 378 g/mol. The maximum atomic E-state index is 12.6. The fraction of sp³-hybridized carbons (Fsp3) is 0.286. The van der Waals surface area contributed by atoms with Crippen molar-refractivity contribution in [1.29, 1.82) is 0 Å². The third-order valence-electron chi connectivity index (χ3n) is 4.44. The molecule has 2 aromatic carbocycles. The van der Waals surface area contributed by atoms with Gasteiger partial charge >= 0.3 is 0 Å². The highest BCUT2D eigenvalue weighted by Gasteiger charge is 2.17. The van der Waals surface area contributed by atoms with Gasteiger partial charge in [0.05, 0.1) is 30.0 Å². The molecule has 0 unspecified atom stereocenters. The lowest BCUT2D eigenvalue weighted by Gasteiger charge is -2.21. The van der Waals surface area contributed by atoms with Gasteiger partial charge in [-0.3, -0.25) is 14.2 Å². The molecule has 1 heterocycles. The number of amides is 1. The molecule has 6 nitrogen and oxygen atoms in total. The number of nitrogens with zero attached hydrogens (tertiary/aromatic N) is 2. The van der Waals surface area contributed by atoms with Crippen LogP contribution in [0.5, 0.6) is 5.75 Å². The normalized spacial score (nSPS) is 11.5. The Labute approximate surface area is 168 Å². The van der Waals surface area contributed by atoms with E-state index in [1.54, 1.807) is 25.3 Å². The fourth-order valence-electron chi connectivity index (χ4n) is 2.86. The molecule has 1 amide bonds.